The van der Waals surface area contributed by atoms with Crippen LogP contribution < -0.4 is 4.90 Å². The van der Waals surface area contributed by atoms with E-state index in [1.54, 1.807) is 0 Å². The first kappa shape index (κ1) is 16.6. The Hall–Kier alpha value is -2.61. The summed E-state index contributed by atoms with van der Waals surface area (Å²) in [5, 5.41) is 0. The van der Waals surface area contributed by atoms with Crippen molar-refractivity contribution in [2.75, 3.05) is 11.9 Å². The minimum Gasteiger partial charge on any atom is -0.344 e. The summed E-state index contributed by atoms with van der Waals surface area (Å²) in [5.41, 5.74) is 10.6. The molecule has 0 N–H and O–H groups in total. The van der Waals surface area contributed by atoms with Crippen LogP contribution in [0.15, 0.2) is 54.7 Å². The summed E-state index contributed by atoms with van der Waals surface area (Å²) in [7, 11) is 2.19. The number of para-hydroxylation sites is 2. The number of nitrogens with zero attached hydrogens (tertiary/aromatic N) is 2. The molecule has 0 amide bonds. The van der Waals surface area contributed by atoms with E-state index in [4.69, 9.17) is 4.98 Å². The summed E-state index contributed by atoms with van der Waals surface area (Å²) in [6.07, 6.45) is 7.07. The molecule has 2 aromatic carbocycles. The van der Waals surface area contributed by atoms with Crippen LogP contribution in [0, 0.1) is 0 Å². The fraction of sp³-hybridized carbons (Fsp3) is 0.320. The molecule has 0 radical (unpaired) electrons. The van der Waals surface area contributed by atoms with Gasteiger partial charge in [-0.1, -0.05) is 50.2 Å². The third kappa shape index (κ3) is 2.43. The van der Waals surface area contributed by atoms with Crippen molar-refractivity contribution in [3.8, 4) is 11.3 Å². The van der Waals surface area contributed by atoms with Crippen LogP contribution in [0.4, 0.5) is 11.4 Å². The van der Waals surface area contributed by atoms with Gasteiger partial charge in [0.1, 0.15) is 0 Å². The lowest BCUT2D eigenvalue weighted by Gasteiger charge is -2.41. The third-order valence-corrected chi connectivity index (χ3v) is 6.48. The van der Waals surface area contributed by atoms with Gasteiger partial charge < -0.3 is 4.90 Å². The van der Waals surface area contributed by atoms with Crippen molar-refractivity contribution in [2.45, 2.75) is 44.9 Å². The number of aromatic nitrogens is 1. The maximum absolute atomic E-state index is 4.88. The Balaban J connectivity index is 1.73. The Bertz CT molecular complexity index is 1030. The van der Waals surface area contributed by atoms with Crippen molar-refractivity contribution in [1.82, 2.24) is 4.98 Å². The second-order valence-electron chi connectivity index (χ2n) is 8.45. The molecular formula is C25H26N2. The highest BCUT2D eigenvalue weighted by Gasteiger charge is 2.36. The molecule has 0 unspecified atom stereocenters. The van der Waals surface area contributed by atoms with Crippen LogP contribution in [-0.4, -0.2) is 12.0 Å². The van der Waals surface area contributed by atoms with Gasteiger partial charge in [0.15, 0.2) is 0 Å². The standard InChI is InChI=1S/C25H26N2/c1-25(2)20-12-6-7-14-23(20)27(3)24-19(11-8-13-21(24)25)22-15-17-9-4-5-10-18(17)16-26-22/h6-8,11-16H,4-5,9-10H2,1-3H3. The van der Waals surface area contributed by atoms with Crippen molar-refractivity contribution in [1.29, 1.82) is 0 Å². The van der Waals surface area contributed by atoms with Crippen molar-refractivity contribution >= 4 is 11.4 Å². The lowest BCUT2D eigenvalue weighted by molar-refractivity contribution is 0.630. The van der Waals surface area contributed by atoms with E-state index in [-0.39, 0.29) is 5.41 Å². The Morgan fingerprint density at radius 1 is 0.889 bits per heavy atom. The van der Waals surface area contributed by atoms with Crippen LogP contribution in [-0.2, 0) is 18.3 Å². The van der Waals surface area contributed by atoms with Gasteiger partial charge in [0.05, 0.1) is 11.4 Å². The van der Waals surface area contributed by atoms with Crippen molar-refractivity contribution in [3.63, 3.8) is 0 Å². The highest BCUT2D eigenvalue weighted by atomic mass is 15.1. The average molecular weight is 354 g/mol. The van der Waals surface area contributed by atoms with E-state index in [0.717, 1.165) is 5.69 Å². The van der Waals surface area contributed by atoms with Crippen molar-refractivity contribution in [2.24, 2.45) is 0 Å². The van der Waals surface area contributed by atoms with Gasteiger partial charge in [0, 0.05) is 29.9 Å². The minimum atomic E-state index is -0.0251. The number of aryl methyl sites for hydroxylation is 2. The molecule has 2 aliphatic rings. The van der Waals surface area contributed by atoms with Gasteiger partial charge in [0.25, 0.3) is 0 Å². The highest BCUT2D eigenvalue weighted by molar-refractivity contribution is 5.88. The molecule has 136 valence electrons. The summed E-state index contributed by atoms with van der Waals surface area (Å²) < 4.78 is 0. The van der Waals surface area contributed by atoms with Crippen molar-refractivity contribution < 1.29 is 0 Å². The monoisotopic (exact) mass is 354 g/mol. The molecule has 1 aromatic heterocycles. The average Bonchev–Trinajstić information content (AvgIpc) is 2.71. The number of hydrogen-bond donors (Lipinski definition) is 0. The lowest BCUT2D eigenvalue weighted by Crippen LogP contribution is -2.31. The molecular weight excluding hydrogens is 328 g/mol. The zero-order valence-electron chi connectivity index (χ0n) is 16.4. The second kappa shape index (κ2) is 5.95. The zero-order chi connectivity index (χ0) is 18.6. The van der Waals surface area contributed by atoms with Crippen LogP contribution in [0.25, 0.3) is 11.3 Å². The normalized spacial score (nSPS) is 17.1. The molecule has 2 nitrogen and oxygen atoms in total. The zero-order valence-corrected chi connectivity index (χ0v) is 16.4. The van der Waals surface area contributed by atoms with E-state index in [2.05, 4.69) is 80.5 Å². The molecule has 0 saturated carbocycles. The van der Waals surface area contributed by atoms with E-state index < -0.39 is 0 Å². The van der Waals surface area contributed by atoms with Crippen LogP contribution in [0.2, 0.25) is 0 Å². The molecule has 2 heterocycles. The number of anilines is 2. The minimum absolute atomic E-state index is 0.0251. The van der Waals surface area contributed by atoms with Crippen LogP contribution in [0.5, 0.6) is 0 Å². The molecule has 0 bridgehead atoms. The number of fused-ring (bicyclic) bond motifs is 3. The molecule has 27 heavy (non-hydrogen) atoms. The SMILES string of the molecule is CN1c2ccccc2C(C)(C)c2cccc(-c3cc4c(cn3)CCCC4)c21. The fourth-order valence-electron chi connectivity index (χ4n) is 4.94. The van der Waals surface area contributed by atoms with E-state index in [1.807, 2.05) is 0 Å². The van der Waals surface area contributed by atoms with Crippen LogP contribution >= 0.6 is 0 Å². The lowest BCUT2D eigenvalue weighted by atomic mass is 9.73. The van der Waals surface area contributed by atoms with Crippen LogP contribution in [0.1, 0.15) is 48.9 Å². The largest absolute Gasteiger partial charge is 0.344 e. The van der Waals surface area contributed by atoms with Gasteiger partial charge >= 0.3 is 0 Å². The van der Waals surface area contributed by atoms with Gasteiger partial charge in [-0.2, -0.15) is 0 Å². The molecule has 5 rings (SSSR count). The van der Waals surface area contributed by atoms with Gasteiger partial charge in [0.2, 0.25) is 0 Å². The Kier molecular flexibility index (Phi) is 3.65. The molecule has 2 heteroatoms. The molecule has 1 aliphatic carbocycles. The number of pyridine rings is 1. The maximum atomic E-state index is 4.88. The predicted molar refractivity (Wildman–Crippen MR) is 113 cm³/mol. The van der Waals surface area contributed by atoms with Gasteiger partial charge in [-0.25, -0.2) is 0 Å². The smallest absolute Gasteiger partial charge is 0.0725 e. The Labute approximate surface area is 161 Å². The highest BCUT2D eigenvalue weighted by Crippen LogP contribution is 2.51. The van der Waals surface area contributed by atoms with E-state index in [1.165, 1.54) is 64.9 Å². The van der Waals surface area contributed by atoms with Crippen molar-refractivity contribution in [3.05, 3.63) is 77.0 Å². The first-order valence-electron chi connectivity index (χ1n) is 10.0. The molecule has 3 aromatic rings. The number of hydrogen-bond acceptors (Lipinski definition) is 2. The molecule has 0 spiro atoms. The second-order valence-corrected chi connectivity index (χ2v) is 8.45. The van der Waals surface area contributed by atoms with Gasteiger partial charge in [-0.15, -0.1) is 0 Å². The van der Waals surface area contributed by atoms with Gasteiger partial charge in [-0.05, 0) is 60.1 Å². The maximum Gasteiger partial charge on any atom is 0.0725 e. The summed E-state index contributed by atoms with van der Waals surface area (Å²) in [6, 6.07) is 17.8. The summed E-state index contributed by atoms with van der Waals surface area (Å²) in [4.78, 5) is 7.24. The molecule has 1 aliphatic heterocycles. The first-order chi connectivity index (χ1) is 13.1. The predicted octanol–water partition coefficient (Wildman–Crippen LogP) is 6.03. The van der Waals surface area contributed by atoms with E-state index in [9.17, 15) is 0 Å². The third-order valence-electron chi connectivity index (χ3n) is 6.48. The summed E-state index contributed by atoms with van der Waals surface area (Å²) in [5.74, 6) is 0. The summed E-state index contributed by atoms with van der Waals surface area (Å²) >= 11 is 0. The molecule has 0 fully saturated rings. The quantitative estimate of drug-likeness (QED) is 0.530. The van der Waals surface area contributed by atoms with E-state index in [0.29, 0.717) is 0 Å². The topological polar surface area (TPSA) is 16.1 Å². The van der Waals surface area contributed by atoms with Crippen LogP contribution in [0.3, 0.4) is 0 Å². The summed E-state index contributed by atoms with van der Waals surface area (Å²) in [6.45, 7) is 4.67. The number of rotatable bonds is 1. The molecule has 0 saturated heterocycles. The number of benzene rings is 2. The van der Waals surface area contributed by atoms with Gasteiger partial charge in [-0.3, -0.25) is 4.98 Å². The van der Waals surface area contributed by atoms with E-state index >= 15 is 0 Å². The first-order valence-corrected chi connectivity index (χ1v) is 10.0. The molecule has 0 atom stereocenters. The fourth-order valence-corrected chi connectivity index (χ4v) is 4.94. The Morgan fingerprint density at radius 2 is 1.63 bits per heavy atom. The Morgan fingerprint density at radius 3 is 2.48 bits per heavy atom.